The molecule has 166 valence electrons. The highest BCUT2D eigenvalue weighted by Crippen LogP contribution is 2.25. The number of ether oxygens (including phenoxy) is 3. The molecule has 7 nitrogen and oxygen atoms in total. The smallest absolute Gasteiger partial charge is 0.123 e. The van der Waals surface area contributed by atoms with Crippen LogP contribution in [0.2, 0.25) is 0 Å². The van der Waals surface area contributed by atoms with Gasteiger partial charge in [0, 0.05) is 44.8 Å². The van der Waals surface area contributed by atoms with Crippen LogP contribution in [0.25, 0.3) is 0 Å². The standard InChI is InChI=1S/C24H31N3O4/c1-29-23-7-8-24(30-2)20(15-23)16-26-11-13-27(14-12-26)17-21(28)18-31-22-5-3-19(4-6-22)9-10-25/h3-8,15,21,28H,9,11-14,16-18H2,1-2H3/t21-/m1/s1. The Bertz CT molecular complexity index is 858. The van der Waals surface area contributed by atoms with Crippen molar-refractivity contribution < 1.29 is 19.3 Å². The summed E-state index contributed by atoms with van der Waals surface area (Å²) in [6.07, 6.45) is -0.164. The van der Waals surface area contributed by atoms with E-state index in [-0.39, 0.29) is 6.61 Å². The highest BCUT2D eigenvalue weighted by molar-refractivity contribution is 5.40. The molecule has 0 aromatic heterocycles. The summed E-state index contributed by atoms with van der Waals surface area (Å²) in [6, 6.07) is 15.4. The molecule has 0 saturated carbocycles. The Hall–Kier alpha value is -2.79. The van der Waals surface area contributed by atoms with Crippen LogP contribution in [-0.2, 0) is 13.0 Å². The third-order valence-electron chi connectivity index (χ3n) is 5.46. The fraction of sp³-hybridized carbons (Fsp3) is 0.458. The molecule has 31 heavy (non-hydrogen) atoms. The van der Waals surface area contributed by atoms with Gasteiger partial charge >= 0.3 is 0 Å². The first-order valence-electron chi connectivity index (χ1n) is 10.5. The van der Waals surface area contributed by atoms with Gasteiger partial charge in [0.05, 0.1) is 26.7 Å². The summed E-state index contributed by atoms with van der Waals surface area (Å²) in [7, 11) is 3.36. The second-order valence-corrected chi connectivity index (χ2v) is 7.70. The minimum atomic E-state index is -0.552. The van der Waals surface area contributed by atoms with Crippen molar-refractivity contribution in [2.75, 3.05) is 53.6 Å². The molecule has 0 amide bonds. The molecule has 2 aromatic rings. The number of methoxy groups -OCH3 is 2. The minimum absolute atomic E-state index is 0.249. The predicted molar refractivity (Wildman–Crippen MR) is 119 cm³/mol. The number of aliphatic hydroxyl groups excluding tert-OH is 1. The van der Waals surface area contributed by atoms with Gasteiger partial charge in [0.15, 0.2) is 0 Å². The van der Waals surface area contributed by atoms with Crippen molar-refractivity contribution in [1.29, 1.82) is 5.26 Å². The lowest BCUT2D eigenvalue weighted by Gasteiger charge is -2.35. The first-order chi connectivity index (χ1) is 15.1. The van der Waals surface area contributed by atoms with Crippen molar-refractivity contribution in [1.82, 2.24) is 9.80 Å². The van der Waals surface area contributed by atoms with Crippen molar-refractivity contribution in [3.8, 4) is 23.3 Å². The number of hydrogen-bond acceptors (Lipinski definition) is 7. The predicted octanol–water partition coefficient (Wildman–Crippen LogP) is 2.33. The Balaban J connectivity index is 1.41. The van der Waals surface area contributed by atoms with E-state index in [1.54, 1.807) is 14.2 Å². The molecular formula is C24H31N3O4. The number of piperazine rings is 1. The molecule has 1 N–H and O–H groups in total. The van der Waals surface area contributed by atoms with Crippen LogP contribution in [0.15, 0.2) is 42.5 Å². The summed E-state index contributed by atoms with van der Waals surface area (Å²) in [6.45, 7) is 5.28. The summed E-state index contributed by atoms with van der Waals surface area (Å²) in [5.41, 5.74) is 2.07. The van der Waals surface area contributed by atoms with Crippen molar-refractivity contribution in [3.05, 3.63) is 53.6 Å². The molecule has 1 aliphatic heterocycles. The average molecular weight is 426 g/mol. The van der Waals surface area contributed by atoms with E-state index >= 15 is 0 Å². The van der Waals surface area contributed by atoms with E-state index in [0.717, 1.165) is 55.3 Å². The Kier molecular flexibility index (Phi) is 8.53. The number of benzene rings is 2. The van der Waals surface area contributed by atoms with Crippen molar-refractivity contribution in [2.24, 2.45) is 0 Å². The molecule has 1 atom stereocenters. The maximum absolute atomic E-state index is 10.4. The van der Waals surface area contributed by atoms with Crippen LogP contribution in [0, 0.1) is 11.3 Å². The zero-order valence-electron chi connectivity index (χ0n) is 18.3. The summed E-state index contributed by atoms with van der Waals surface area (Å²) < 4.78 is 16.5. The largest absolute Gasteiger partial charge is 0.497 e. The van der Waals surface area contributed by atoms with E-state index in [0.29, 0.717) is 18.7 Å². The SMILES string of the molecule is COc1ccc(OC)c(CN2CCN(C[C@@H](O)COc3ccc(CC#N)cc3)CC2)c1. The molecule has 7 heteroatoms. The van der Waals surface area contributed by atoms with Crippen molar-refractivity contribution >= 4 is 0 Å². The lowest BCUT2D eigenvalue weighted by molar-refractivity contribution is 0.0445. The third kappa shape index (κ3) is 6.86. The van der Waals surface area contributed by atoms with E-state index in [1.807, 2.05) is 42.5 Å². The quantitative estimate of drug-likeness (QED) is 0.626. The summed E-state index contributed by atoms with van der Waals surface area (Å²) in [5, 5.41) is 19.1. The van der Waals surface area contributed by atoms with Gasteiger partial charge in [-0.3, -0.25) is 9.80 Å². The molecule has 0 bridgehead atoms. The lowest BCUT2D eigenvalue weighted by Crippen LogP contribution is -2.48. The molecule has 0 radical (unpaired) electrons. The van der Waals surface area contributed by atoms with Gasteiger partial charge in [0.25, 0.3) is 0 Å². The summed E-state index contributed by atoms with van der Waals surface area (Å²) >= 11 is 0. The average Bonchev–Trinajstić information content (AvgIpc) is 2.80. The molecule has 2 aromatic carbocycles. The van der Waals surface area contributed by atoms with Crippen LogP contribution in [0.4, 0.5) is 0 Å². The number of rotatable bonds is 10. The van der Waals surface area contributed by atoms with Crippen molar-refractivity contribution in [3.63, 3.8) is 0 Å². The summed E-state index contributed by atoms with van der Waals surface area (Å²) in [5.74, 6) is 2.41. The molecular weight excluding hydrogens is 394 g/mol. The van der Waals surface area contributed by atoms with E-state index in [9.17, 15) is 5.11 Å². The minimum Gasteiger partial charge on any atom is -0.497 e. The van der Waals surface area contributed by atoms with Crippen LogP contribution >= 0.6 is 0 Å². The molecule has 1 heterocycles. The second kappa shape index (κ2) is 11.6. The van der Waals surface area contributed by atoms with Gasteiger partial charge in [-0.15, -0.1) is 0 Å². The van der Waals surface area contributed by atoms with Gasteiger partial charge in [-0.1, -0.05) is 12.1 Å². The Morgan fingerprint density at radius 1 is 0.968 bits per heavy atom. The van der Waals surface area contributed by atoms with E-state index in [1.165, 1.54) is 0 Å². The van der Waals surface area contributed by atoms with Gasteiger partial charge in [0.2, 0.25) is 0 Å². The third-order valence-corrected chi connectivity index (χ3v) is 5.46. The van der Waals surface area contributed by atoms with Crippen LogP contribution in [0.3, 0.4) is 0 Å². The maximum atomic E-state index is 10.4. The zero-order valence-corrected chi connectivity index (χ0v) is 18.3. The fourth-order valence-corrected chi connectivity index (χ4v) is 3.71. The molecule has 1 fully saturated rings. The molecule has 3 rings (SSSR count). The normalized spacial score (nSPS) is 15.8. The fourth-order valence-electron chi connectivity index (χ4n) is 3.71. The second-order valence-electron chi connectivity index (χ2n) is 7.70. The monoisotopic (exact) mass is 425 g/mol. The van der Waals surface area contributed by atoms with E-state index in [2.05, 4.69) is 15.9 Å². The number of nitrogens with zero attached hydrogens (tertiary/aromatic N) is 3. The topological polar surface area (TPSA) is 78.2 Å². The number of hydrogen-bond donors (Lipinski definition) is 1. The molecule has 0 aliphatic carbocycles. The Morgan fingerprint density at radius 2 is 1.65 bits per heavy atom. The van der Waals surface area contributed by atoms with Gasteiger partial charge < -0.3 is 19.3 Å². The van der Waals surface area contributed by atoms with Crippen LogP contribution in [0.1, 0.15) is 11.1 Å². The van der Waals surface area contributed by atoms with Gasteiger partial charge in [0.1, 0.15) is 30.0 Å². The van der Waals surface area contributed by atoms with E-state index in [4.69, 9.17) is 19.5 Å². The maximum Gasteiger partial charge on any atom is 0.123 e. The molecule has 0 unspecified atom stereocenters. The Labute approximate surface area is 184 Å². The highest BCUT2D eigenvalue weighted by atomic mass is 16.5. The number of aliphatic hydroxyl groups is 1. The lowest BCUT2D eigenvalue weighted by atomic mass is 10.1. The molecule has 0 spiro atoms. The first-order valence-corrected chi connectivity index (χ1v) is 10.5. The van der Waals surface area contributed by atoms with Crippen molar-refractivity contribution in [2.45, 2.75) is 19.1 Å². The van der Waals surface area contributed by atoms with Crippen LogP contribution in [-0.4, -0.2) is 74.6 Å². The van der Waals surface area contributed by atoms with Gasteiger partial charge in [-0.2, -0.15) is 5.26 Å². The van der Waals surface area contributed by atoms with Crippen LogP contribution < -0.4 is 14.2 Å². The van der Waals surface area contributed by atoms with Crippen LogP contribution in [0.5, 0.6) is 17.2 Å². The van der Waals surface area contributed by atoms with Gasteiger partial charge in [-0.25, -0.2) is 0 Å². The van der Waals surface area contributed by atoms with Gasteiger partial charge in [-0.05, 0) is 35.9 Å². The highest BCUT2D eigenvalue weighted by Gasteiger charge is 2.20. The zero-order chi connectivity index (χ0) is 22.1. The molecule has 1 aliphatic rings. The number of nitriles is 1. The van der Waals surface area contributed by atoms with E-state index < -0.39 is 6.10 Å². The summed E-state index contributed by atoms with van der Waals surface area (Å²) in [4.78, 5) is 4.66. The number of β-amino-alcohol motifs (C(OH)–C–C–N with tert-alkyl or cyclic N) is 1. The first kappa shape index (κ1) is 22.9. The Morgan fingerprint density at radius 3 is 2.29 bits per heavy atom. The molecule has 1 saturated heterocycles.